The molecule has 7 nitrogen and oxygen atoms in total. The van der Waals surface area contributed by atoms with Crippen molar-refractivity contribution in [3.63, 3.8) is 0 Å². The number of nitrogens with zero attached hydrogens (tertiary/aromatic N) is 5. The standard InChI is InChI=1S/C22H19N5O2/c23-15-16-7-13-27(14-8-16)21-22(26-12-11-25-21)29-19-4-2-1-3-18(19)20(28)17-5-9-24-10-6-17/h1-6,9-12,16H,7-8,13-14H2. The molecule has 1 aromatic carbocycles. The molecular formula is C22H19N5O2. The number of rotatable bonds is 5. The van der Waals surface area contributed by atoms with Gasteiger partial charge in [0.15, 0.2) is 11.6 Å². The van der Waals surface area contributed by atoms with Gasteiger partial charge in [0.2, 0.25) is 0 Å². The van der Waals surface area contributed by atoms with Crippen LogP contribution in [0.1, 0.15) is 28.8 Å². The number of benzene rings is 1. The normalized spacial score (nSPS) is 14.2. The van der Waals surface area contributed by atoms with Gasteiger partial charge in [-0.2, -0.15) is 5.26 Å². The van der Waals surface area contributed by atoms with E-state index in [1.807, 2.05) is 6.07 Å². The molecule has 7 heteroatoms. The molecule has 2 aromatic heterocycles. The zero-order valence-electron chi connectivity index (χ0n) is 15.7. The second-order valence-corrected chi connectivity index (χ2v) is 6.74. The van der Waals surface area contributed by atoms with E-state index in [0.29, 0.717) is 41.7 Å². The highest BCUT2D eigenvalue weighted by atomic mass is 16.5. The van der Waals surface area contributed by atoms with Crippen LogP contribution in [-0.4, -0.2) is 33.8 Å². The fraction of sp³-hybridized carbons (Fsp3) is 0.227. The van der Waals surface area contributed by atoms with Gasteiger partial charge in [0.25, 0.3) is 5.88 Å². The van der Waals surface area contributed by atoms with Crippen LogP contribution in [0.5, 0.6) is 11.6 Å². The van der Waals surface area contributed by atoms with Crippen LogP contribution in [0.4, 0.5) is 5.82 Å². The summed E-state index contributed by atoms with van der Waals surface area (Å²) in [5.74, 6) is 1.31. The Bertz CT molecular complexity index is 1040. The van der Waals surface area contributed by atoms with E-state index in [4.69, 9.17) is 10.00 Å². The first-order valence-electron chi connectivity index (χ1n) is 9.43. The minimum absolute atomic E-state index is 0.0750. The summed E-state index contributed by atoms with van der Waals surface area (Å²) in [6.07, 6.45) is 7.92. The largest absolute Gasteiger partial charge is 0.435 e. The predicted molar refractivity (Wildman–Crippen MR) is 107 cm³/mol. The zero-order chi connectivity index (χ0) is 20.1. The minimum atomic E-state index is -0.150. The molecule has 3 heterocycles. The smallest absolute Gasteiger partial charge is 0.263 e. The van der Waals surface area contributed by atoms with E-state index < -0.39 is 0 Å². The molecule has 29 heavy (non-hydrogen) atoms. The molecule has 4 rings (SSSR count). The summed E-state index contributed by atoms with van der Waals surface area (Å²) in [5, 5.41) is 9.12. The van der Waals surface area contributed by atoms with Crippen molar-refractivity contribution in [2.24, 2.45) is 5.92 Å². The van der Waals surface area contributed by atoms with Crippen molar-refractivity contribution < 1.29 is 9.53 Å². The number of hydrogen-bond donors (Lipinski definition) is 0. The number of para-hydroxylation sites is 1. The highest BCUT2D eigenvalue weighted by Gasteiger charge is 2.24. The highest BCUT2D eigenvalue weighted by Crippen LogP contribution is 2.33. The Morgan fingerprint density at radius 3 is 2.52 bits per heavy atom. The number of piperidine rings is 1. The molecule has 1 aliphatic rings. The van der Waals surface area contributed by atoms with Crippen LogP contribution in [0.2, 0.25) is 0 Å². The van der Waals surface area contributed by atoms with Gasteiger partial charge in [-0.15, -0.1) is 0 Å². The maximum Gasteiger partial charge on any atom is 0.263 e. The predicted octanol–water partition coefficient (Wildman–Crippen LogP) is 3.63. The molecule has 0 saturated carbocycles. The van der Waals surface area contributed by atoms with Crippen molar-refractivity contribution in [1.29, 1.82) is 5.26 Å². The molecule has 144 valence electrons. The number of aromatic nitrogens is 3. The lowest BCUT2D eigenvalue weighted by atomic mass is 9.99. The average Bonchev–Trinajstić information content (AvgIpc) is 2.80. The van der Waals surface area contributed by atoms with Crippen LogP contribution in [0, 0.1) is 17.2 Å². The van der Waals surface area contributed by atoms with Crippen LogP contribution in [0.3, 0.4) is 0 Å². The number of ether oxygens (including phenoxy) is 1. The number of hydrogen-bond acceptors (Lipinski definition) is 7. The van der Waals surface area contributed by atoms with Crippen molar-refractivity contribution >= 4 is 11.6 Å². The van der Waals surface area contributed by atoms with Gasteiger partial charge < -0.3 is 9.64 Å². The lowest BCUT2D eigenvalue weighted by Crippen LogP contribution is -2.34. The van der Waals surface area contributed by atoms with Crippen molar-refractivity contribution in [2.75, 3.05) is 18.0 Å². The third kappa shape index (κ3) is 4.06. The molecule has 0 atom stereocenters. The summed E-state index contributed by atoms with van der Waals surface area (Å²) < 4.78 is 6.07. The van der Waals surface area contributed by atoms with Crippen LogP contribution < -0.4 is 9.64 Å². The average molecular weight is 385 g/mol. The van der Waals surface area contributed by atoms with Gasteiger partial charge in [-0.3, -0.25) is 9.78 Å². The summed E-state index contributed by atoms with van der Waals surface area (Å²) in [6, 6.07) is 12.8. The topological polar surface area (TPSA) is 92.0 Å². The number of pyridine rings is 1. The van der Waals surface area contributed by atoms with E-state index in [9.17, 15) is 4.79 Å². The Labute approximate surface area is 168 Å². The number of anilines is 1. The fourth-order valence-corrected chi connectivity index (χ4v) is 3.33. The lowest BCUT2D eigenvalue weighted by Gasteiger charge is -2.30. The molecular weight excluding hydrogens is 366 g/mol. The Morgan fingerprint density at radius 2 is 1.76 bits per heavy atom. The van der Waals surface area contributed by atoms with E-state index >= 15 is 0 Å². The molecule has 1 aliphatic heterocycles. The Morgan fingerprint density at radius 1 is 1.03 bits per heavy atom. The van der Waals surface area contributed by atoms with Crippen molar-refractivity contribution in [3.8, 4) is 17.7 Å². The van der Waals surface area contributed by atoms with Crippen molar-refractivity contribution in [2.45, 2.75) is 12.8 Å². The Hall–Kier alpha value is -3.79. The third-order valence-corrected chi connectivity index (χ3v) is 4.90. The van der Waals surface area contributed by atoms with Gasteiger partial charge in [0, 0.05) is 49.4 Å². The lowest BCUT2D eigenvalue weighted by molar-refractivity contribution is 0.103. The third-order valence-electron chi connectivity index (χ3n) is 4.90. The molecule has 0 radical (unpaired) electrons. The second kappa shape index (κ2) is 8.48. The van der Waals surface area contributed by atoms with E-state index in [1.54, 1.807) is 55.1 Å². The summed E-state index contributed by atoms with van der Waals surface area (Å²) in [7, 11) is 0. The minimum Gasteiger partial charge on any atom is -0.435 e. The van der Waals surface area contributed by atoms with E-state index in [0.717, 1.165) is 12.8 Å². The monoisotopic (exact) mass is 385 g/mol. The van der Waals surface area contributed by atoms with E-state index in [2.05, 4.69) is 25.9 Å². The summed E-state index contributed by atoms with van der Waals surface area (Å²) in [5.41, 5.74) is 0.979. The molecule has 0 bridgehead atoms. The van der Waals surface area contributed by atoms with Gasteiger partial charge in [-0.25, -0.2) is 9.97 Å². The van der Waals surface area contributed by atoms with Gasteiger partial charge in [0.1, 0.15) is 5.75 Å². The SMILES string of the molecule is N#CC1CCN(c2nccnc2Oc2ccccc2C(=O)c2ccncc2)CC1. The van der Waals surface area contributed by atoms with Crippen LogP contribution in [0.25, 0.3) is 0 Å². The maximum absolute atomic E-state index is 12.9. The van der Waals surface area contributed by atoms with E-state index in [1.165, 1.54) is 0 Å². The van der Waals surface area contributed by atoms with Crippen LogP contribution in [-0.2, 0) is 0 Å². The van der Waals surface area contributed by atoms with Crippen molar-refractivity contribution in [3.05, 3.63) is 72.3 Å². The fourth-order valence-electron chi connectivity index (χ4n) is 3.33. The molecule has 1 fully saturated rings. The van der Waals surface area contributed by atoms with Crippen LogP contribution in [0.15, 0.2) is 61.2 Å². The molecule has 0 spiro atoms. The van der Waals surface area contributed by atoms with Gasteiger partial charge in [0.05, 0.1) is 11.6 Å². The van der Waals surface area contributed by atoms with E-state index in [-0.39, 0.29) is 11.7 Å². The molecule has 0 amide bonds. The number of ketones is 1. The van der Waals surface area contributed by atoms with Crippen LogP contribution >= 0.6 is 0 Å². The quantitative estimate of drug-likeness (QED) is 0.619. The molecule has 1 saturated heterocycles. The number of nitriles is 1. The first-order valence-corrected chi connectivity index (χ1v) is 9.43. The molecule has 3 aromatic rings. The highest BCUT2D eigenvalue weighted by molar-refractivity contribution is 6.10. The Balaban J connectivity index is 1.62. The molecule has 0 aliphatic carbocycles. The number of carbonyl (C=O) groups is 1. The van der Waals surface area contributed by atoms with Crippen molar-refractivity contribution in [1.82, 2.24) is 15.0 Å². The van der Waals surface area contributed by atoms with Gasteiger partial charge in [-0.1, -0.05) is 12.1 Å². The summed E-state index contributed by atoms with van der Waals surface area (Å²) >= 11 is 0. The summed E-state index contributed by atoms with van der Waals surface area (Å²) in [6.45, 7) is 1.43. The first-order chi connectivity index (χ1) is 14.3. The maximum atomic E-state index is 12.9. The zero-order valence-corrected chi connectivity index (χ0v) is 15.7. The first kappa shape index (κ1) is 18.6. The van der Waals surface area contributed by atoms with Gasteiger partial charge >= 0.3 is 0 Å². The molecule has 0 N–H and O–H groups in total. The van der Waals surface area contributed by atoms with Gasteiger partial charge in [-0.05, 0) is 37.1 Å². The summed E-state index contributed by atoms with van der Waals surface area (Å²) in [4.78, 5) is 27.8. The molecule has 0 unspecified atom stereocenters. The number of carbonyl (C=O) groups excluding carboxylic acids is 1. The second-order valence-electron chi connectivity index (χ2n) is 6.74. The Kier molecular flexibility index (Phi) is 5.43.